The molecule has 1 saturated heterocycles. The smallest absolute Gasteiger partial charge is 0.303 e. The Balaban J connectivity index is 1.57. The van der Waals surface area contributed by atoms with Gasteiger partial charge in [-0.15, -0.1) is 0 Å². The summed E-state index contributed by atoms with van der Waals surface area (Å²) in [4.78, 5) is 12.9. The second-order valence-electron chi connectivity index (χ2n) is 5.84. The van der Waals surface area contributed by atoms with E-state index in [2.05, 4.69) is 40.5 Å². The number of likely N-dealkylation sites (tertiary alicyclic amines) is 1. The molecule has 2 rings (SSSR count). The standard InChI is InChI=1S/C17H26N2O2/c20-17(21)8-4-5-11-18-16-9-12-19(13-10-16)14-15-6-2-1-3-7-15/h1-3,6-7,16,18H,4-5,8-14H2,(H,20,21). The number of hydrogen-bond acceptors (Lipinski definition) is 3. The summed E-state index contributed by atoms with van der Waals surface area (Å²) in [7, 11) is 0. The van der Waals surface area contributed by atoms with E-state index in [4.69, 9.17) is 5.11 Å². The van der Waals surface area contributed by atoms with Crippen molar-refractivity contribution in [3.8, 4) is 0 Å². The molecule has 1 aliphatic heterocycles. The van der Waals surface area contributed by atoms with Crippen molar-refractivity contribution in [2.45, 2.75) is 44.7 Å². The molecule has 0 aromatic heterocycles. The topological polar surface area (TPSA) is 52.6 Å². The maximum Gasteiger partial charge on any atom is 0.303 e. The molecular formula is C17H26N2O2. The number of rotatable bonds is 8. The van der Waals surface area contributed by atoms with Crippen LogP contribution in [0, 0.1) is 0 Å². The third-order valence-corrected chi connectivity index (χ3v) is 4.09. The van der Waals surface area contributed by atoms with Crippen LogP contribution < -0.4 is 5.32 Å². The molecule has 0 unspecified atom stereocenters. The molecule has 0 amide bonds. The van der Waals surface area contributed by atoms with E-state index in [-0.39, 0.29) is 6.42 Å². The van der Waals surface area contributed by atoms with Gasteiger partial charge in [0.15, 0.2) is 0 Å². The first-order chi connectivity index (χ1) is 10.2. The summed E-state index contributed by atoms with van der Waals surface area (Å²) in [6.07, 6.45) is 4.39. The van der Waals surface area contributed by atoms with Crippen LogP contribution in [-0.4, -0.2) is 41.7 Å². The SMILES string of the molecule is O=C(O)CCCCNC1CCN(Cc2ccccc2)CC1. The van der Waals surface area contributed by atoms with Gasteiger partial charge in [-0.1, -0.05) is 30.3 Å². The summed E-state index contributed by atoms with van der Waals surface area (Å²) in [5, 5.41) is 12.1. The van der Waals surface area contributed by atoms with Gasteiger partial charge >= 0.3 is 5.97 Å². The lowest BCUT2D eigenvalue weighted by Gasteiger charge is -2.32. The van der Waals surface area contributed by atoms with Crippen LogP contribution in [0.3, 0.4) is 0 Å². The van der Waals surface area contributed by atoms with E-state index in [1.54, 1.807) is 0 Å². The van der Waals surface area contributed by atoms with Crippen molar-refractivity contribution >= 4 is 5.97 Å². The zero-order chi connectivity index (χ0) is 14.9. The zero-order valence-corrected chi connectivity index (χ0v) is 12.6. The second-order valence-corrected chi connectivity index (χ2v) is 5.84. The quantitative estimate of drug-likeness (QED) is 0.722. The fourth-order valence-corrected chi connectivity index (χ4v) is 2.84. The molecule has 1 aromatic rings. The molecule has 4 nitrogen and oxygen atoms in total. The summed E-state index contributed by atoms with van der Waals surface area (Å²) in [6, 6.07) is 11.2. The van der Waals surface area contributed by atoms with E-state index in [1.807, 2.05) is 0 Å². The lowest BCUT2D eigenvalue weighted by Crippen LogP contribution is -2.42. The molecule has 21 heavy (non-hydrogen) atoms. The molecule has 0 radical (unpaired) electrons. The molecule has 1 aliphatic rings. The fraction of sp³-hybridized carbons (Fsp3) is 0.588. The summed E-state index contributed by atoms with van der Waals surface area (Å²) in [6.45, 7) is 4.27. The maximum absolute atomic E-state index is 10.4. The highest BCUT2D eigenvalue weighted by atomic mass is 16.4. The van der Waals surface area contributed by atoms with Crippen LogP contribution in [0.1, 0.15) is 37.7 Å². The van der Waals surface area contributed by atoms with Gasteiger partial charge < -0.3 is 10.4 Å². The van der Waals surface area contributed by atoms with E-state index in [0.717, 1.165) is 39.0 Å². The molecule has 0 spiro atoms. The number of benzene rings is 1. The predicted molar refractivity (Wildman–Crippen MR) is 84.2 cm³/mol. The van der Waals surface area contributed by atoms with E-state index in [0.29, 0.717) is 6.04 Å². The highest BCUT2D eigenvalue weighted by Crippen LogP contribution is 2.13. The van der Waals surface area contributed by atoms with Gasteiger partial charge in [-0.2, -0.15) is 0 Å². The van der Waals surface area contributed by atoms with Crippen molar-refractivity contribution in [3.05, 3.63) is 35.9 Å². The molecule has 1 aromatic carbocycles. The fourth-order valence-electron chi connectivity index (χ4n) is 2.84. The first-order valence-electron chi connectivity index (χ1n) is 7.95. The molecule has 4 heteroatoms. The van der Waals surface area contributed by atoms with Crippen LogP contribution in [-0.2, 0) is 11.3 Å². The van der Waals surface area contributed by atoms with Crippen LogP contribution >= 0.6 is 0 Å². The normalized spacial score (nSPS) is 17.0. The van der Waals surface area contributed by atoms with E-state index < -0.39 is 5.97 Å². The number of piperidine rings is 1. The number of aliphatic carboxylic acids is 1. The monoisotopic (exact) mass is 290 g/mol. The van der Waals surface area contributed by atoms with Crippen molar-refractivity contribution in [2.75, 3.05) is 19.6 Å². The van der Waals surface area contributed by atoms with Crippen molar-refractivity contribution in [2.24, 2.45) is 0 Å². The predicted octanol–water partition coefficient (Wildman–Crippen LogP) is 2.50. The zero-order valence-electron chi connectivity index (χ0n) is 12.6. The van der Waals surface area contributed by atoms with Gasteiger partial charge in [-0.25, -0.2) is 0 Å². The van der Waals surface area contributed by atoms with Gasteiger partial charge in [0.2, 0.25) is 0 Å². The molecular weight excluding hydrogens is 264 g/mol. The van der Waals surface area contributed by atoms with Crippen LogP contribution in [0.4, 0.5) is 0 Å². The minimum atomic E-state index is -0.691. The highest BCUT2D eigenvalue weighted by molar-refractivity contribution is 5.66. The van der Waals surface area contributed by atoms with Gasteiger partial charge in [0, 0.05) is 19.0 Å². The average molecular weight is 290 g/mol. The number of nitrogens with one attached hydrogen (secondary N) is 1. The van der Waals surface area contributed by atoms with Gasteiger partial charge in [-0.05, 0) is 50.9 Å². The minimum Gasteiger partial charge on any atom is -0.481 e. The molecule has 1 fully saturated rings. The Labute approximate surface area is 127 Å². The van der Waals surface area contributed by atoms with Crippen molar-refractivity contribution < 1.29 is 9.90 Å². The van der Waals surface area contributed by atoms with Crippen LogP contribution in [0.2, 0.25) is 0 Å². The molecule has 0 saturated carbocycles. The van der Waals surface area contributed by atoms with E-state index in [9.17, 15) is 4.79 Å². The lowest BCUT2D eigenvalue weighted by molar-refractivity contribution is -0.137. The summed E-state index contributed by atoms with van der Waals surface area (Å²) < 4.78 is 0. The summed E-state index contributed by atoms with van der Waals surface area (Å²) in [5.74, 6) is -0.691. The molecule has 0 aliphatic carbocycles. The minimum absolute atomic E-state index is 0.289. The van der Waals surface area contributed by atoms with Gasteiger partial charge in [0.1, 0.15) is 0 Å². The van der Waals surface area contributed by atoms with E-state index >= 15 is 0 Å². The number of unbranched alkanes of at least 4 members (excludes halogenated alkanes) is 1. The average Bonchev–Trinajstić information content (AvgIpc) is 2.49. The Morgan fingerprint density at radius 1 is 1.19 bits per heavy atom. The van der Waals surface area contributed by atoms with Crippen molar-refractivity contribution in [1.82, 2.24) is 10.2 Å². The highest BCUT2D eigenvalue weighted by Gasteiger charge is 2.18. The Kier molecular flexibility index (Phi) is 6.70. The number of hydrogen-bond donors (Lipinski definition) is 2. The van der Waals surface area contributed by atoms with Gasteiger partial charge in [-0.3, -0.25) is 9.69 Å². The Hall–Kier alpha value is -1.39. The maximum atomic E-state index is 10.4. The number of nitrogens with zero attached hydrogens (tertiary/aromatic N) is 1. The third-order valence-electron chi connectivity index (χ3n) is 4.09. The van der Waals surface area contributed by atoms with Crippen LogP contribution in [0.25, 0.3) is 0 Å². The molecule has 2 N–H and O–H groups in total. The van der Waals surface area contributed by atoms with Crippen molar-refractivity contribution in [3.63, 3.8) is 0 Å². The number of carboxylic acids is 1. The molecule has 0 atom stereocenters. The van der Waals surface area contributed by atoms with Crippen molar-refractivity contribution in [1.29, 1.82) is 0 Å². The van der Waals surface area contributed by atoms with Gasteiger partial charge in [0.25, 0.3) is 0 Å². The van der Waals surface area contributed by atoms with Crippen LogP contribution in [0.5, 0.6) is 0 Å². The Bertz CT molecular complexity index is 414. The second kappa shape index (κ2) is 8.80. The number of carboxylic acid groups (broad SMARTS) is 1. The summed E-state index contributed by atoms with van der Waals surface area (Å²) in [5.41, 5.74) is 1.39. The first-order valence-corrected chi connectivity index (χ1v) is 7.95. The van der Waals surface area contributed by atoms with Gasteiger partial charge in [0.05, 0.1) is 0 Å². The van der Waals surface area contributed by atoms with E-state index in [1.165, 1.54) is 18.4 Å². The third kappa shape index (κ3) is 6.27. The van der Waals surface area contributed by atoms with Crippen LogP contribution in [0.15, 0.2) is 30.3 Å². The first kappa shape index (κ1) is 16.0. The molecule has 1 heterocycles. The lowest BCUT2D eigenvalue weighted by atomic mass is 10.0. The molecule has 116 valence electrons. The summed E-state index contributed by atoms with van der Waals surface area (Å²) >= 11 is 0. The Morgan fingerprint density at radius 3 is 2.57 bits per heavy atom. The number of carbonyl (C=O) groups is 1. The Morgan fingerprint density at radius 2 is 1.90 bits per heavy atom. The largest absolute Gasteiger partial charge is 0.481 e. The molecule has 0 bridgehead atoms.